The molecular formula is C23H30ClN5O2. The molecule has 1 aliphatic rings. The van der Waals surface area contributed by atoms with Gasteiger partial charge in [0.05, 0.1) is 36.1 Å². The lowest BCUT2D eigenvalue weighted by Gasteiger charge is -2.38. The number of benzene rings is 1. The van der Waals surface area contributed by atoms with Crippen molar-refractivity contribution in [3.8, 4) is 22.7 Å². The Morgan fingerprint density at radius 3 is 2.39 bits per heavy atom. The number of hydrogen-bond donors (Lipinski definition) is 1. The molecule has 3 aromatic rings. The number of nitrogens with zero attached hydrogens (tertiary/aromatic N) is 5. The number of methoxy groups -OCH3 is 1. The summed E-state index contributed by atoms with van der Waals surface area (Å²) in [7, 11) is 1.67. The van der Waals surface area contributed by atoms with Crippen LogP contribution in [0, 0.1) is 12.8 Å². The van der Waals surface area contributed by atoms with Crippen molar-refractivity contribution < 1.29 is 9.84 Å². The Morgan fingerprint density at radius 1 is 1.10 bits per heavy atom. The quantitative estimate of drug-likeness (QED) is 0.640. The van der Waals surface area contributed by atoms with E-state index in [0.717, 1.165) is 60.1 Å². The summed E-state index contributed by atoms with van der Waals surface area (Å²) in [6.45, 7) is 7.53. The first kappa shape index (κ1) is 23.0. The van der Waals surface area contributed by atoms with Crippen molar-refractivity contribution in [2.75, 3.05) is 25.1 Å². The largest absolute Gasteiger partial charge is 0.495 e. The van der Waals surface area contributed by atoms with Gasteiger partial charge in [0.15, 0.2) is 5.82 Å². The second kappa shape index (κ2) is 9.24. The lowest BCUT2D eigenvalue weighted by Crippen LogP contribution is -2.42. The van der Waals surface area contributed by atoms with Crippen LogP contribution in [-0.4, -0.2) is 50.7 Å². The third-order valence-electron chi connectivity index (χ3n) is 5.93. The first-order valence-corrected chi connectivity index (χ1v) is 10.4. The molecule has 3 heterocycles. The lowest BCUT2D eigenvalue weighted by molar-refractivity contribution is 0.00645. The lowest BCUT2D eigenvalue weighted by atomic mass is 9.83. The van der Waals surface area contributed by atoms with Crippen molar-refractivity contribution in [1.29, 1.82) is 0 Å². The maximum atomic E-state index is 10.2. The fourth-order valence-electron chi connectivity index (χ4n) is 4.07. The summed E-state index contributed by atoms with van der Waals surface area (Å²) in [6.07, 6.45) is 5.66. The Labute approximate surface area is 189 Å². The van der Waals surface area contributed by atoms with Crippen LogP contribution in [0.4, 0.5) is 5.82 Å². The minimum Gasteiger partial charge on any atom is -0.495 e. The Hall–Kier alpha value is -2.64. The van der Waals surface area contributed by atoms with E-state index in [4.69, 9.17) is 4.74 Å². The SMILES string of the molecule is COc1cc(-c2ccc(N3CCC(C(C)(C)O)CC3)nn2)ccc1-n1cnc(C)c1.Cl. The van der Waals surface area contributed by atoms with Crippen molar-refractivity contribution in [1.82, 2.24) is 19.7 Å². The molecule has 4 rings (SSSR count). The van der Waals surface area contributed by atoms with Crippen LogP contribution in [0.5, 0.6) is 5.75 Å². The van der Waals surface area contributed by atoms with Crippen LogP contribution in [-0.2, 0) is 0 Å². The molecule has 0 aliphatic carbocycles. The first-order chi connectivity index (χ1) is 14.3. The number of imidazole rings is 1. The highest BCUT2D eigenvalue weighted by Gasteiger charge is 2.30. The van der Waals surface area contributed by atoms with Gasteiger partial charge < -0.3 is 19.3 Å². The van der Waals surface area contributed by atoms with E-state index in [1.807, 2.05) is 61.9 Å². The normalized spacial score (nSPS) is 14.9. The zero-order valence-electron chi connectivity index (χ0n) is 18.4. The number of aromatic nitrogens is 4. The Bertz CT molecular complexity index is 1010. The molecule has 1 N–H and O–H groups in total. The molecule has 0 saturated carbocycles. The van der Waals surface area contributed by atoms with E-state index in [-0.39, 0.29) is 12.4 Å². The summed E-state index contributed by atoms with van der Waals surface area (Å²) >= 11 is 0. The van der Waals surface area contributed by atoms with Crippen LogP contribution in [0.3, 0.4) is 0 Å². The predicted molar refractivity (Wildman–Crippen MR) is 124 cm³/mol. The van der Waals surface area contributed by atoms with Gasteiger partial charge >= 0.3 is 0 Å². The van der Waals surface area contributed by atoms with E-state index in [1.165, 1.54) is 0 Å². The molecule has 1 aromatic carbocycles. The highest BCUT2D eigenvalue weighted by atomic mass is 35.5. The summed E-state index contributed by atoms with van der Waals surface area (Å²) in [5.74, 6) is 1.96. The van der Waals surface area contributed by atoms with Crippen molar-refractivity contribution in [3.05, 3.63) is 48.5 Å². The monoisotopic (exact) mass is 443 g/mol. The molecule has 0 atom stereocenters. The molecule has 2 aromatic heterocycles. The van der Waals surface area contributed by atoms with Crippen LogP contribution in [0.1, 0.15) is 32.4 Å². The minimum absolute atomic E-state index is 0. The molecule has 7 nitrogen and oxygen atoms in total. The third-order valence-corrected chi connectivity index (χ3v) is 5.93. The van der Waals surface area contributed by atoms with Gasteiger partial charge in [0.2, 0.25) is 0 Å². The summed E-state index contributed by atoms with van der Waals surface area (Å²) in [4.78, 5) is 6.53. The number of halogens is 1. The van der Waals surface area contributed by atoms with Gasteiger partial charge in [-0.05, 0) is 63.8 Å². The van der Waals surface area contributed by atoms with Gasteiger partial charge in [-0.3, -0.25) is 0 Å². The van der Waals surface area contributed by atoms with E-state index in [0.29, 0.717) is 5.92 Å². The fourth-order valence-corrected chi connectivity index (χ4v) is 4.07. The topological polar surface area (TPSA) is 76.3 Å². The van der Waals surface area contributed by atoms with Gasteiger partial charge in [-0.15, -0.1) is 22.6 Å². The number of rotatable bonds is 5. The summed E-state index contributed by atoms with van der Waals surface area (Å²) in [5, 5.41) is 19.2. The average Bonchev–Trinajstić information content (AvgIpc) is 3.19. The summed E-state index contributed by atoms with van der Waals surface area (Å²) < 4.78 is 7.55. The molecule has 0 spiro atoms. The highest BCUT2D eigenvalue weighted by Crippen LogP contribution is 2.31. The zero-order valence-corrected chi connectivity index (χ0v) is 19.3. The van der Waals surface area contributed by atoms with Gasteiger partial charge in [0, 0.05) is 24.8 Å². The zero-order chi connectivity index (χ0) is 21.3. The maximum Gasteiger partial charge on any atom is 0.151 e. The molecule has 1 saturated heterocycles. The number of anilines is 1. The molecule has 0 bridgehead atoms. The minimum atomic E-state index is -0.623. The van der Waals surface area contributed by atoms with Crippen molar-refractivity contribution in [2.45, 2.75) is 39.2 Å². The van der Waals surface area contributed by atoms with Gasteiger partial charge in [0.1, 0.15) is 5.75 Å². The highest BCUT2D eigenvalue weighted by molar-refractivity contribution is 5.85. The maximum absolute atomic E-state index is 10.2. The van der Waals surface area contributed by atoms with Crippen molar-refractivity contribution >= 4 is 18.2 Å². The average molecular weight is 444 g/mol. The number of aryl methyl sites for hydroxylation is 1. The van der Waals surface area contributed by atoms with Gasteiger partial charge in [-0.2, -0.15) is 0 Å². The molecule has 0 radical (unpaired) electrons. The van der Waals surface area contributed by atoms with Crippen LogP contribution >= 0.6 is 12.4 Å². The first-order valence-electron chi connectivity index (χ1n) is 10.4. The standard InChI is InChI=1S/C23H29N5O2.ClH/c1-16-14-28(15-24-16)20-7-5-17(13-21(20)30-4)19-6-8-22(26-25-19)27-11-9-18(10-12-27)23(2,3)29;/h5-8,13-15,18,29H,9-12H2,1-4H3;1H. The van der Waals surface area contributed by atoms with E-state index >= 15 is 0 Å². The van der Waals surface area contributed by atoms with Crippen molar-refractivity contribution in [2.24, 2.45) is 5.92 Å². The second-order valence-corrected chi connectivity index (χ2v) is 8.50. The van der Waals surface area contributed by atoms with Crippen LogP contribution < -0.4 is 9.64 Å². The molecular weight excluding hydrogens is 414 g/mol. The van der Waals surface area contributed by atoms with Gasteiger partial charge in [-0.1, -0.05) is 6.07 Å². The Kier molecular flexibility index (Phi) is 6.86. The van der Waals surface area contributed by atoms with Crippen LogP contribution in [0.2, 0.25) is 0 Å². The Morgan fingerprint density at radius 2 is 1.84 bits per heavy atom. The molecule has 166 valence electrons. The summed E-state index contributed by atoms with van der Waals surface area (Å²) in [6, 6.07) is 10.0. The molecule has 1 aliphatic heterocycles. The van der Waals surface area contributed by atoms with E-state index in [1.54, 1.807) is 13.4 Å². The number of piperidine rings is 1. The van der Waals surface area contributed by atoms with E-state index < -0.39 is 5.60 Å². The van der Waals surface area contributed by atoms with E-state index in [2.05, 4.69) is 20.1 Å². The number of ether oxygens (including phenoxy) is 1. The predicted octanol–water partition coefficient (Wildman–Crippen LogP) is 4.06. The third kappa shape index (κ3) is 4.99. The second-order valence-electron chi connectivity index (χ2n) is 8.50. The van der Waals surface area contributed by atoms with Crippen LogP contribution in [0.15, 0.2) is 42.9 Å². The van der Waals surface area contributed by atoms with Gasteiger partial charge in [-0.25, -0.2) is 4.98 Å². The Balaban J connectivity index is 0.00000272. The summed E-state index contributed by atoms with van der Waals surface area (Å²) in [5.41, 5.74) is 3.02. The van der Waals surface area contributed by atoms with Gasteiger partial charge in [0.25, 0.3) is 0 Å². The fraction of sp³-hybridized carbons (Fsp3) is 0.435. The molecule has 0 unspecified atom stereocenters. The van der Waals surface area contributed by atoms with Crippen LogP contribution in [0.25, 0.3) is 16.9 Å². The number of hydrogen-bond acceptors (Lipinski definition) is 6. The molecule has 31 heavy (non-hydrogen) atoms. The molecule has 0 amide bonds. The number of aliphatic hydroxyl groups is 1. The van der Waals surface area contributed by atoms with E-state index in [9.17, 15) is 5.11 Å². The van der Waals surface area contributed by atoms with Crippen molar-refractivity contribution in [3.63, 3.8) is 0 Å². The smallest absolute Gasteiger partial charge is 0.151 e. The molecule has 1 fully saturated rings. The molecule has 8 heteroatoms.